The number of aliphatic hydroxyl groups excluding tert-OH is 1. The Labute approximate surface area is 84.7 Å². The highest BCUT2D eigenvalue weighted by Crippen LogP contribution is 2.44. The smallest absolute Gasteiger partial charge is 0.0451 e. The highest BCUT2D eigenvalue weighted by atomic mass is 16.3. The normalized spacial score (nSPS) is 30.4. The van der Waals surface area contributed by atoms with Crippen LogP contribution in [0.25, 0.3) is 0 Å². The number of hydrogen-bond donors (Lipinski definition) is 2. The Morgan fingerprint density at radius 2 is 2.21 bits per heavy atom. The van der Waals surface area contributed by atoms with Crippen LogP contribution in [0, 0.1) is 0 Å². The van der Waals surface area contributed by atoms with Crippen LogP contribution in [0.3, 0.4) is 0 Å². The zero-order valence-electron chi connectivity index (χ0n) is 8.53. The highest BCUT2D eigenvalue weighted by molar-refractivity contribution is 5.41. The van der Waals surface area contributed by atoms with Crippen molar-refractivity contribution in [1.82, 2.24) is 0 Å². The summed E-state index contributed by atoms with van der Waals surface area (Å²) in [5, 5.41) is 9.02. The Morgan fingerprint density at radius 3 is 2.93 bits per heavy atom. The molecule has 2 unspecified atom stereocenters. The van der Waals surface area contributed by atoms with Gasteiger partial charge in [-0.2, -0.15) is 0 Å². The summed E-state index contributed by atoms with van der Waals surface area (Å²) in [5.74, 6) is 0.516. The third-order valence-corrected chi connectivity index (χ3v) is 3.26. The van der Waals surface area contributed by atoms with Crippen molar-refractivity contribution >= 4 is 0 Å². The lowest BCUT2D eigenvalue weighted by molar-refractivity contribution is 0.235. The summed E-state index contributed by atoms with van der Waals surface area (Å²) in [4.78, 5) is 0. The van der Waals surface area contributed by atoms with E-state index in [4.69, 9.17) is 10.8 Å². The van der Waals surface area contributed by atoms with E-state index < -0.39 is 0 Å². The first-order valence-electron chi connectivity index (χ1n) is 5.16. The van der Waals surface area contributed by atoms with Gasteiger partial charge in [0, 0.05) is 12.1 Å². The largest absolute Gasteiger partial charge is 0.396 e. The lowest BCUT2D eigenvalue weighted by Gasteiger charge is -2.24. The van der Waals surface area contributed by atoms with E-state index in [2.05, 4.69) is 25.1 Å². The average Bonchev–Trinajstić information content (AvgIpc) is 2.41. The van der Waals surface area contributed by atoms with E-state index in [0.717, 1.165) is 6.42 Å². The van der Waals surface area contributed by atoms with Crippen LogP contribution in [-0.4, -0.2) is 11.7 Å². The van der Waals surface area contributed by atoms with E-state index in [9.17, 15) is 0 Å². The fraction of sp³-hybridized carbons (Fsp3) is 0.500. The Balaban J connectivity index is 2.43. The van der Waals surface area contributed by atoms with Crippen molar-refractivity contribution in [2.24, 2.45) is 5.73 Å². The van der Waals surface area contributed by atoms with E-state index >= 15 is 0 Å². The standard InChI is InChI=1S/C12H17NO/c1-9-8-12(13,6-7-14)11-5-3-2-4-10(9)11/h2-5,9,14H,6-8,13H2,1H3. The molecule has 14 heavy (non-hydrogen) atoms. The molecule has 0 saturated heterocycles. The third-order valence-electron chi connectivity index (χ3n) is 3.26. The van der Waals surface area contributed by atoms with Gasteiger partial charge in [0.25, 0.3) is 0 Å². The van der Waals surface area contributed by atoms with Crippen LogP contribution in [0.2, 0.25) is 0 Å². The molecule has 3 N–H and O–H groups in total. The van der Waals surface area contributed by atoms with Gasteiger partial charge in [-0.15, -0.1) is 0 Å². The number of nitrogens with two attached hydrogens (primary N) is 1. The first kappa shape index (κ1) is 9.69. The Bertz CT molecular complexity index is 337. The first-order chi connectivity index (χ1) is 6.67. The van der Waals surface area contributed by atoms with Crippen LogP contribution >= 0.6 is 0 Å². The van der Waals surface area contributed by atoms with Crippen LogP contribution in [0.5, 0.6) is 0 Å². The van der Waals surface area contributed by atoms with Crippen molar-refractivity contribution < 1.29 is 5.11 Å². The van der Waals surface area contributed by atoms with Crippen molar-refractivity contribution in [1.29, 1.82) is 0 Å². The van der Waals surface area contributed by atoms with Crippen molar-refractivity contribution in [3.05, 3.63) is 35.4 Å². The molecule has 0 heterocycles. The molecule has 1 aliphatic rings. The zero-order valence-corrected chi connectivity index (χ0v) is 8.53. The van der Waals surface area contributed by atoms with E-state index in [0.29, 0.717) is 12.3 Å². The molecule has 0 aliphatic heterocycles. The predicted octanol–water partition coefficient (Wildman–Crippen LogP) is 1.73. The van der Waals surface area contributed by atoms with Gasteiger partial charge in [-0.1, -0.05) is 31.2 Å². The molecule has 0 amide bonds. The molecule has 76 valence electrons. The monoisotopic (exact) mass is 191 g/mol. The second-order valence-electron chi connectivity index (χ2n) is 4.32. The molecule has 2 heteroatoms. The van der Waals surface area contributed by atoms with Gasteiger partial charge >= 0.3 is 0 Å². The lowest BCUT2D eigenvalue weighted by atomic mass is 9.89. The molecule has 2 rings (SSSR count). The maximum absolute atomic E-state index is 9.02. The molecule has 0 fully saturated rings. The molecule has 0 radical (unpaired) electrons. The molecule has 1 aliphatic carbocycles. The van der Waals surface area contributed by atoms with E-state index in [1.165, 1.54) is 11.1 Å². The quantitative estimate of drug-likeness (QED) is 0.747. The summed E-state index contributed by atoms with van der Waals surface area (Å²) in [6, 6.07) is 8.32. The van der Waals surface area contributed by atoms with Gasteiger partial charge in [-0.3, -0.25) is 0 Å². The van der Waals surface area contributed by atoms with Crippen molar-refractivity contribution in [2.45, 2.75) is 31.2 Å². The molecule has 0 bridgehead atoms. The third kappa shape index (κ3) is 1.35. The Morgan fingerprint density at radius 1 is 1.50 bits per heavy atom. The second kappa shape index (κ2) is 3.37. The molecular formula is C12H17NO. The molecule has 1 aromatic rings. The van der Waals surface area contributed by atoms with Crippen LogP contribution in [-0.2, 0) is 5.54 Å². The number of hydrogen-bond acceptors (Lipinski definition) is 2. The van der Waals surface area contributed by atoms with Crippen LogP contribution < -0.4 is 5.73 Å². The highest BCUT2D eigenvalue weighted by Gasteiger charge is 2.37. The summed E-state index contributed by atoms with van der Waals surface area (Å²) < 4.78 is 0. The SMILES string of the molecule is CC1CC(N)(CCO)c2ccccc21. The number of benzene rings is 1. The number of aliphatic hydroxyl groups is 1. The summed E-state index contributed by atoms with van der Waals surface area (Å²) in [6.07, 6.45) is 1.61. The fourth-order valence-electron chi connectivity index (χ4n) is 2.58. The Hall–Kier alpha value is -0.860. The van der Waals surface area contributed by atoms with Crippen molar-refractivity contribution in [3.8, 4) is 0 Å². The maximum Gasteiger partial charge on any atom is 0.0451 e. The molecule has 2 nitrogen and oxygen atoms in total. The summed E-state index contributed by atoms with van der Waals surface area (Å²) in [6.45, 7) is 2.36. The van der Waals surface area contributed by atoms with Gasteiger partial charge in [0.2, 0.25) is 0 Å². The summed E-state index contributed by atoms with van der Waals surface area (Å²) in [7, 11) is 0. The van der Waals surface area contributed by atoms with E-state index in [-0.39, 0.29) is 12.1 Å². The predicted molar refractivity (Wildman–Crippen MR) is 57.0 cm³/mol. The van der Waals surface area contributed by atoms with Gasteiger partial charge in [-0.25, -0.2) is 0 Å². The van der Waals surface area contributed by atoms with Crippen LogP contribution in [0.1, 0.15) is 36.8 Å². The van der Waals surface area contributed by atoms with E-state index in [1.54, 1.807) is 0 Å². The van der Waals surface area contributed by atoms with Crippen molar-refractivity contribution in [2.75, 3.05) is 6.61 Å². The van der Waals surface area contributed by atoms with Crippen LogP contribution in [0.15, 0.2) is 24.3 Å². The van der Waals surface area contributed by atoms with Gasteiger partial charge in [0.05, 0.1) is 0 Å². The van der Waals surface area contributed by atoms with Crippen LogP contribution in [0.4, 0.5) is 0 Å². The van der Waals surface area contributed by atoms with Gasteiger partial charge in [0.1, 0.15) is 0 Å². The second-order valence-corrected chi connectivity index (χ2v) is 4.32. The topological polar surface area (TPSA) is 46.2 Å². The average molecular weight is 191 g/mol. The molecule has 0 saturated carbocycles. The number of fused-ring (bicyclic) bond motifs is 1. The van der Waals surface area contributed by atoms with Gasteiger partial charge < -0.3 is 10.8 Å². The Kier molecular flexibility index (Phi) is 2.33. The molecule has 2 atom stereocenters. The fourth-order valence-corrected chi connectivity index (χ4v) is 2.58. The van der Waals surface area contributed by atoms with E-state index in [1.807, 2.05) is 6.07 Å². The summed E-state index contributed by atoms with van der Waals surface area (Å²) in [5.41, 5.74) is 8.58. The minimum Gasteiger partial charge on any atom is -0.396 e. The molecule has 1 aromatic carbocycles. The minimum atomic E-state index is -0.301. The lowest BCUT2D eigenvalue weighted by Crippen LogP contribution is -2.35. The molecule has 0 aromatic heterocycles. The maximum atomic E-state index is 9.02. The summed E-state index contributed by atoms with van der Waals surface area (Å²) >= 11 is 0. The molecule has 0 spiro atoms. The number of rotatable bonds is 2. The van der Waals surface area contributed by atoms with Gasteiger partial charge in [-0.05, 0) is 29.9 Å². The molecular weight excluding hydrogens is 174 g/mol. The zero-order chi connectivity index (χ0) is 10.2. The first-order valence-corrected chi connectivity index (χ1v) is 5.16. The van der Waals surface area contributed by atoms with Crippen molar-refractivity contribution in [3.63, 3.8) is 0 Å². The van der Waals surface area contributed by atoms with Gasteiger partial charge in [0.15, 0.2) is 0 Å². The minimum absolute atomic E-state index is 0.164.